The molecule has 0 radical (unpaired) electrons. The third kappa shape index (κ3) is 4.39. The fraction of sp³-hybridized carbons (Fsp3) is 0.429. The molecule has 144 valence electrons. The van der Waals surface area contributed by atoms with Gasteiger partial charge in [0.05, 0.1) is 12.2 Å². The van der Waals surface area contributed by atoms with E-state index in [0.717, 1.165) is 26.1 Å². The molecule has 3 rings (SSSR count). The monoisotopic (exact) mass is 369 g/mol. The third-order valence-electron chi connectivity index (χ3n) is 5.00. The summed E-state index contributed by atoms with van der Waals surface area (Å²) in [6.45, 7) is 8.31. The van der Waals surface area contributed by atoms with E-state index >= 15 is 0 Å². The second kappa shape index (κ2) is 8.39. The Morgan fingerprint density at radius 1 is 1.26 bits per heavy atom. The molecule has 1 amide bonds. The van der Waals surface area contributed by atoms with Crippen LogP contribution in [0.5, 0.6) is 0 Å². The number of hydrogen-bond acceptors (Lipinski definition) is 4. The number of nitrogens with zero attached hydrogens (tertiary/aromatic N) is 1. The van der Waals surface area contributed by atoms with Crippen LogP contribution in [0, 0.1) is 13.8 Å². The summed E-state index contributed by atoms with van der Waals surface area (Å²) >= 11 is 0. The van der Waals surface area contributed by atoms with Gasteiger partial charge in [-0.2, -0.15) is 0 Å². The van der Waals surface area contributed by atoms with Gasteiger partial charge in [0.1, 0.15) is 5.69 Å². The van der Waals surface area contributed by atoms with Gasteiger partial charge in [-0.25, -0.2) is 4.79 Å². The van der Waals surface area contributed by atoms with Gasteiger partial charge < -0.3 is 15.0 Å². The summed E-state index contributed by atoms with van der Waals surface area (Å²) in [5.41, 5.74) is 3.48. The number of ether oxygens (including phenoxy) is 1. The molecule has 1 atom stereocenters. The molecule has 1 aromatic carbocycles. The highest BCUT2D eigenvalue weighted by atomic mass is 16.5. The van der Waals surface area contributed by atoms with E-state index in [-0.39, 0.29) is 11.9 Å². The van der Waals surface area contributed by atoms with Crippen LogP contribution >= 0.6 is 0 Å². The van der Waals surface area contributed by atoms with Crippen LogP contribution in [0.25, 0.3) is 0 Å². The molecular weight excluding hydrogens is 342 g/mol. The molecule has 6 nitrogen and oxygen atoms in total. The third-order valence-corrected chi connectivity index (χ3v) is 5.00. The van der Waals surface area contributed by atoms with Crippen molar-refractivity contribution in [1.29, 1.82) is 0 Å². The SMILES string of the molecule is CCOC(=O)c1c(C)[nH]c(C(=O)NC2CCN(Cc3ccccc3)C2)c1C. The van der Waals surface area contributed by atoms with Crippen LogP contribution in [0.1, 0.15) is 51.0 Å². The zero-order chi connectivity index (χ0) is 19.4. The van der Waals surface area contributed by atoms with E-state index in [0.29, 0.717) is 29.1 Å². The van der Waals surface area contributed by atoms with E-state index in [2.05, 4.69) is 27.3 Å². The zero-order valence-corrected chi connectivity index (χ0v) is 16.2. The molecule has 0 bridgehead atoms. The molecule has 1 aromatic heterocycles. The van der Waals surface area contributed by atoms with Crippen LogP contribution in [-0.2, 0) is 11.3 Å². The van der Waals surface area contributed by atoms with Crippen molar-refractivity contribution in [3.05, 3.63) is 58.4 Å². The van der Waals surface area contributed by atoms with Crippen molar-refractivity contribution in [2.75, 3.05) is 19.7 Å². The minimum absolute atomic E-state index is 0.107. The van der Waals surface area contributed by atoms with Gasteiger partial charge in [-0.3, -0.25) is 9.69 Å². The lowest BCUT2D eigenvalue weighted by atomic mass is 10.1. The Hall–Kier alpha value is -2.60. The quantitative estimate of drug-likeness (QED) is 0.768. The number of benzene rings is 1. The second-order valence-corrected chi connectivity index (χ2v) is 7.03. The normalized spacial score (nSPS) is 17.1. The summed E-state index contributed by atoms with van der Waals surface area (Å²) in [7, 11) is 0. The summed E-state index contributed by atoms with van der Waals surface area (Å²) in [6, 6.07) is 10.4. The number of amides is 1. The average molecular weight is 369 g/mol. The Kier molecular flexibility index (Phi) is 5.96. The molecule has 6 heteroatoms. The van der Waals surface area contributed by atoms with Crippen molar-refractivity contribution in [1.82, 2.24) is 15.2 Å². The van der Waals surface area contributed by atoms with E-state index in [4.69, 9.17) is 4.74 Å². The Morgan fingerprint density at radius 2 is 2.00 bits per heavy atom. The van der Waals surface area contributed by atoms with Gasteiger partial charge in [-0.05, 0) is 38.3 Å². The van der Waals surface area contributed by atoms with Gasteiger partial charge >= 0.3 is 5.97 Å². The van der Waals surface area contributed by atoms with Gasteiger partial charge in [0, 0.05) is 31.4 Å². The number of carbonyl (C=O) groups excluding carboxylic acids is 2. The Bertz CT molecular complexity index is 814. The van der Waals surface area contributed by atoms with Crippen molar-refractivity contribution in [2.24, 2.45) is 0 Å². The summed E-state index contributed by atoms with van der Waals surface area (Å²) < 4.78 is 5.09. The second-order valence-electron chi connectivity index (χ2n) is 7.03. The lowest BCUT2D eigenvalue weighted by molar-refractivity contribution is 0.0525. The highest BCUT2D eigenvalue weighted by molar-refractivity contribution is 6.00. The number of aryl methyl sites for hydroxylation is 1. The maximum atomic E-state index is 12.7. The molecule has 1 saturated heterocycles. The van der Waals surface area contributed by atoms with E-state index in [9.17, 15) is 9.59 Å². The number of H-pyrrole nitrogens is 1. The molecule has 1 fully saturated rings. The lowest BCUT2D eigenvalue weighted by Gasteiger charge is -2.16. The summed E-state index contributed by atoms with van der Waals surface area (Å²) in [5.74, 6) is -0.560. The highest BCUT2D eigenvalue weighted by Gasteiger charge is 2.27. The molecule has 0 aliphatic carbocycles. The number of carbonyl (C=O) groups is 2. The number of esters is 1. The van der Waals surface area contributed by atoms with Crippen molar-refractivity contribution in [3.8, 4) is 0 Å². The predicted octanol–water partition coefficient (Wildman–Crippen LogP) is 2.81. The number of rotatable bonds is 6. The van der Waals surface area contributed by atoms with Crippen molar-refractivity contribution >= 4 is 11.9 Å². The van der Waals surface area contributed by atoms with Crippen LogP contribution < -0.4 is 5.32 Å². The van der Waals surface area contributed by atoms with E-state index in [1.807, 2.05) is 18.2 Å². The van der Waals surface area contributed by atoms with Gasteiger partial charge in [-0.15, -0.1) is 0 Å². The molecule has 2 heterocycles. The predicted molar refractivity (Wildman–Crippen MR) is 104 cm³/mol. The first-order chi connectivity index (χ1) is 13.0. The number of aromatic amines is 1. The first-order valence-corrected chi connectivity index (χ1v) is 9.43. The van der Waals surface area contributed by atoms with Crippen LogP contribution in [0.3, 0.4) is 0 Å². The van der Waals surface area contributed by atoms with Crippen LogP contribution in [0.15, 0.2) is 30.3 Å². The Balaban J connectivity index is 1.61. The standard InChI is InChI=1S/C21H27N3O3/c1-4-27-21(26)18-14(2)19(22-15(18)3)20(25)23-17-10-11-24(13-17)12-16-8-6-5-7-9-16/h5-9,17,22H,4,10-13H2,1-3H3,(H,23,25). The van der Waals surface area contributed by atoms with E-state index in [1.165, 1.54) is 5.56 Å². The summed E-state index contributed by atoms with van der Waals surface area (Å²) in [5, 5.41) is 3.10. The molecule has 27 heavy (non-hydrogen) atoms. The fourth-order valence-electron chi connectivity index (χ4n) is 3.68. The Labute approximate surface area is 159 Å². The first kappa shape index (κ1) is 19.2. The molecule has 0 spiro atoms. The van der Waals surface area contributed by atoms with Crippen molar-refractivity contribution < 1.29 is 14.3 Å². The Morgan fingerprint density at radius 3 is 2.70 bits per heavy atom. The van der Waals surface area contributed by atoms with Gasteiger partial charge in [0.2, 0.25) is 0 Å². The van der Waals surface area contributed by atoms with E-state index in [1.54, 1.807) is 20.8 Å². The lowest BCUT2D eigenvalue weighted by Crippen LogP contribution is -2.37. The van der Waals surface area contributed by atoms with Crippen molar-refractivity contribution in [3.63, 3.8) is 0 Å². The molecule has 1 aliphatic rings. The summed E-state index contributed by atoms with van der Waals surface area (Å²) in [6.07, 6.45) is 0.919. The maximum absolute atomic E-state index is 12.7. The van der Waals surface area contributed by atoms with Crippen molar-refractivity contribution in [2.45, 2.75) is 39.8 Å². The van der Waals surface area contributed by atoms with Crippen LogP contribution in [0.4, 0.5) is 0 Å². The molecule has 1 aliphatic heterocycles. The highest BCUT2D eigenvalue weighted by Crippen LogP contribution is 2.20. The van der Waals surface area contributed by atoms with Crippen LogP contribution in [0.2, 0.25) is 0 Å². The number of likely N-dealkylation sites (tertiary alicyclic amines) is 1. The molecular formula is C21H27N3O3. The molecule has 1 unspecified atom stereocenters. The average Bonchev–Trinajstić information content (AvgIpc) is 3.19. The minimum atomic E-state index is -0.391. The fourth-order valence-corrected chi connectivity index (χ4v) is 3.68. The molecule has 2 N–H and O–H groups in total. The first-order valence-electron chi connectivity index (χ1n) is 9.43. The maximum Gasteiger partial charge on any atom is 0.340 e. The van der Waals surface area contributed by atoms with Gasteiger partial charge in [-0.1, -0.05) is 30.3 Å². The topological polar surface area (TPSA) is 74.4 Å². The molecule has 0 saturated carbocycles. The number of aromatic nitrogens is 1. The summed E-state index contributed by atoms with van der Waals surface area (Å²) in [4.78, 5) is 30.2. The largest absolute Gasteiger partial charge is 0.462 e. The van der Waals surface area contributed by atoms with Gasteiger partial charge in [0.15, 0.2) is 0 Å². The minimum Gasteiger partial charge on any atom is -0.462 e. The smallest absolute Gasteiger partial charge is 0.340 e. The molecule has 2 aromatic rings. The zero-order valence-electron chi connectivity index (χ0n) is 16.2. The van der Waals surface area contributed by atoms with E-state index < -0.39 is 5.97 Å². The number of nitrogens with one attached hydrogen (secondary N) is 2. The van der Waals surface area contributed by atoms with Crippen LogP contribution in [-0.4, -0.2) is 47.5 Å². The van der Waals surface area contributed by atoms with Gasteiger partial charge in [0.25, 0.3) is 5.91 Å². The number of hydrogen-bond donors (Lipinski definition) is 2.